The lowest BCUT2D eigenvalue weighted by Gasteiger charge is -2.17. The third kappa shape index (κ3) is 5.62. The molecule has 0 aromatic heterocycles. The summed E-state index contributed by atoms with van der Waals surface area (Å²) in [4.78, 5) is 37.3. The van der Waals surface area contributed by atoms with Gasteiger partial charge in [-0.2, -0.15) is 0 Å². The van der Waals surface area contributed by atoms with Crippen LogP contribution in [0.3, 0.4) is 0 Å². The topological polar surface area (TPSA) is 87.7 Å². The highest BCUT2D eigenvalue weighted by Crippen LogP contribution is 2.16. The second-order valence-electron chi connectivity index (χ2n) is 5.58. The fourth-order valence-electron chi connectivity index (χ4n) is 2.19. The zero-order valence-corrected chi connectivity index (χ0v) is 14.7. The molecule has 0 unspecified atom stereocenters. The van der Waals surface area contributed by atoms with E-state index in [0.29, 0.717) is 17.0 Å². The van der Waals surface area contributed by atoms with Crippen LogP contribution in [-0.2, 0) is 9.59 Å². The van der Waals surface area contributed by atoms with Gasteiger partial charge in [-0.05, 0) is 24.3 Å². The smallest absolute Gasteiger partial charge is 0.251 e. The molecular formula is C19H21N3O4. The van der Waals surface area contributed by atoms with Crippen LogP contribution in [0.4, 0.5) is 5.69 Å². The molecule has 0 fully saturated rings. The number of methoxy groups -OCH3 is 1. The van der Waals surface area contributed by atoms with Crippen LogP contribution >= 0.6 is 0 Å². The Hall–Kier alpha value is -3.35. The highest BCUT2D eigenvalue weighted by Gasteiger charge is 2.14. The number of ether oxygens (including phenoxy) is 1. The number of hydrogen-bond donors (Lipinski definition) is 2. The number of likely N-dealkylation sites (N-methyl/N-ethyl adjacent to an activating group) is 1. The van der Waals surface area contributed by atoms with E-state index in [1.54, 1.807) is 54.6 Å². The average molecular weight is 355 g/mol. The number of benzene rings is 2. The molecule has 26 heavy (non-hydrogen) atoms. The first-order valence-electron chi connectivity index (χ1n) is 8.00. The molecule has 0 saturated heterocycles. The largest absolute Gasteiger partial charge is 0.497 e. The Morgan fingerprint density at radius 2 is 1.77 bits per heavy atom. The summed E-state index contributed by atoms with van der Waals surface area (Å²) in [6.45, 7) is -0.312. The van der Waals surface area contributed by atoms with Gasteiger partial charge in [0, 0.05) is 24.4 Å². The molecule has 7 heteroatoms. The van der Waals surface area contributed by atoms with Crippen LogP contribution in [0.25, 0.3) is 0 Å². The molecule has 0 saturated carbocycles. The molecule has 2 aromatic carbocycles. The van der Waals surface area contributed by atoms with Crippen LogP contribution in [0.1, 0.15) is 10.4 Å². The Labute approximate surface area is 152 Å². The van der Waals surface area contributed by atoms with E-state index in [1.807, 2.05) is 0 Å². The van der Waals surface area contributed by atoms with Crippen molar-refractivity contribution in [3.05, 3.63) is 60.2 Å². The van der Waals surface area contributed by atoms with Gasteiger partial charge in [0.15, 0.2) is 0 Å². The van der Waals surface area contributed by atoms with Gasteiger partial charge in [-0.15, -0.1) is 0 Å². The van der Waals surface area contributed by atoms with Gasteiger partial charge in [0.05, 0.1) is 20.2 Å². The van der Waals surface area contributed by atoms with Gasteiger partial charge in [0.1, 0.15) is 5.75 Å². The maximum absolute atomic E-state index is 12.1. The predicted molar refractivity (Wildman–Crippen MR) is 98.0 cm³/mol. The van der Waals surface area contributed by atoms with Gasteiger partial charge in [0.25, 0.3) is 5.91 Å². The second kappa shape index (κ2) is 9.22. The molecular weight excluding hydrogens is 334 g/mol. The van der Waals surface area contributed by atoms with E-state index in [9.17, 15) is 14.4 Å². The predicted octanol–water partition coefficient (Wildman–Crippen LogP) is 1.52. The number of amides is 3. The van der Waals surface area contributed by atoms with E-state index < -0.39 is 0 Å². The van der Waals surface area contributed by atoms with Crippen molar-refractivity contribution in [1.29, 1.82) is 0 Å². The summed E-state index contributed by atoms with van der Waals surface area (Å²) in [5.74, 6) is -0.428. The van der Waals surface area contributed by atoms with Crippen molar-refractivity contribution < 1.29 is 19.1 Å². The third-order valence-electron chi connectivity index (χ3n) is 3.60. The Balaban J connectivity index is 1.80. The van der Waals surface area contributed by atoms with Crippen molar-refractivity contribution in [1.82, 2.24) is 10.2 Å². The summed E-state index contributed by atoms with van der Waals surface area (Å²) in [5, 5.41) is 5.23. The summed E-state index contributed by atoms with van der Waals surface area (Å²) in [5.41, 5.74) is 1.05. The standard InChI is InChI=1S/C19H21N3O4/c1-22(13-17(23)21-15-9-6-10-16(11-15)26-2)18(24)12-20-19(25)14-7-4-3-5-8-14/h3-11H,12-13H2,1-2H3,(H,20,25)(H,21,23). The van der Waals surface area contributed by atoms with Crippen LogP contribution in [0.2, 0.25) is 0 Å². The Bertz CT molecular complexity index is 777. The Kier molecular flexibility index (Phi) is 6.73. The summed E-state index contributed by atoms with van der Waals surface area (Å²) in [7, 11) is 3.04. The molecule has 136 valence electrons. The minimum Gasteiger partial charge on any atom is -0.497 e. The van der Waals surface area contributed by atoms with E-state index in [-0.39, 0.29) is 30.8 Å². The van der Waals surface area contributed by atoms with Crippen LogP contribution in [-0.4, -0.2) is 49.9 Å². The fourth-order valence-corrected chi connectivity index (χ4v) is 2.19. The molecule has 3 amide bonds. The van der Waals surface area contributed by atoms with Crippen LogP contribution in [0, 0.1) is 0 Å². The maximum Gasteiger partial charge on any atom is 0.251 e. The molecule has 7 nitrogen and oxygen atoms in total. The number of rotatable bonds is 7. The molecule has 0 spiro atoms. The first-order chi connectivity index (χ1) is 12.5. The van der Waals surface area contributed by atoms with Crippen molar-refractivity contribution in [2.75, 3.05) is 32.6 Å². The fraction of sp³-hybridized carbons (Fsp3) is 0.211. The lowest BCUT2D eigenvalue weighted by Crippen LogP contribution is -2.41. The number of hydrogen-bond acceptors (Lipinski definition) is 4. The Morgan fingerprint density at radius 1 is 1.04 bits per heavy atom. The van der Waals surface area contributed by atoms with E-state index in [0.717, 1.165) is 0 Å². The number of nitrogens with zero attached hydrogens (tertiary/aromatic N) is 1. The molecule has 2 aromatic rings. The number of anilines is 1. The number of carbonyl (C=O) groups is 3. The summed E-state index contributed by atoms with van der Waals surface area (Å²) in [6.07, 6.45) is 0. The monoisotopic (exact) mass is 355 g/mol. The molecule has 0 atom stereocenters. The van der Waals surface area contributed by atoms with Gasteiger partial charge in [-0.3, -0.25) is 14.4 Å². The third-order valence-corrected chi connectivity index (χ3v) is 3.60. The van der Waals surface area contributed by atoms with E-state index >= 15 is 0 Å². The molecule has 2 N–H and O–H groups in total. The molecule has 2 rings (SSSR count). The zero-order chi connectivity index (χ0) is 18.9. The lowest BCUT2D eigenvalue weighted by atomic mass is 10.2. The maximum atomic E-state index is 12.1. The van der Waals surface area contributed by atoms with Crippen molar-refractivity contribution in [2.24, 2.45) is 0 Å². The second-order valence-corrected chi connectivity index (χ2v) is 5.58. The van der Waals surface area contributed by atoms with E-state index in [2.05, 4.69) is 10.6 Å². The summed E-state index contributed by atoms with van der Waals surface area (Å²) in [6, 6.07) is 15.5. The lowest BCUT2D eigenvalue weighted by molar-refractivity contribution is -0.132. The first-order valence-corrected chi connectivity index (χ1v) is 8.00. The molecule has 0 aliphatic carbocycles. The average Bonchev–Trinajstić information content (AvgIpc) is 2.66. The molecule has 0 heterocycles. The van der Waals surface area contributed by atoms with E-state index in [1.165, 1.54) is 19.1 Å². The van der Waals surface area contributed by atoms with Crippen LogP contribution < -0.4 is 15.4 Å². The van der Waals surface area contributed by atoms with Gasteiger partial charge < -0.3 is 20.3 Å². The van der Waals surface area contributed by atoms with Gasteiger partial charge in [0.2, 0.25) is 11.8 Å². The minimum absolute atomic E-state index is 0.128. The molecule has 0 aliphatic heterocycles. The minimum atomic E-state index is -0.366. The Morgan fingerprint density at radius 3 is 2.46 bits per heavy atom. The number of carbonyl (C=O) groups excluding carboxylic acids is 3. The van der Waals surface area contributed by atoms with Gasteiger partial charge in [-0.25, -0.2) is 0 Å². The van der Waals surface area contributed by atoms with Crippen molar-refractivity contribution >= 4 is 23.4 Å². The van der Waals surface area contributed by atoms with E-state index in [4.69, 9.17) is 4.74 Å². The summed E-state index contributed by atoms with van der Waals surface area (Å²) >= 11 is 0. The highest BCUT2D eigenvalue weighted by atomic mass is 16.5. The van der Waals surface area contributed by atoms with Crippen LogP contribution in [0.15, 0.2) is 54.6 Å². The first kappa shape index (κ1) is 19.0. The zero-order valence-electron chi connectivity index (χ0n) is 14.7. The van der Waals surface area contributed by atoms with Crippen LogP contribution in [0.5, 0.6) is 5.75 Å². The van der Waals surface area contributed by atoms with Crippen molar-refractivity contribution in [2.45, 2.75) is 0 Å². The molecule has 0 bridgehead atoms. The van der Waals surface area contributed by atoms with Gasteiger partial charge in [-0.1, -0.05) is 24.3 Å². The van der Waals surface area contributed by atoms with Crippen molar-refractivity contribution in [3.63, 3.8) is 0 Å². The number of nitrogens with one attached hydrogen (secondary N) is 2. The quantitative estimate of drug-likeness (QED) is 0.788. The summed E-state index contributed by atoms with van der Waals surface area (Å²) < 4.78 is 5.09. The van der Waals surface area contributed by atoms with Crippen molar-refractivity contribution in [3.8, 4) is 5.75 Å². The molecule has 0 aliphatic rings. The highest BCUT2D eigenvalue weighted by molar-refractivity contribution is 5.98. The SMILES string of the molecule is COc1cccc(NC(=O)CN(C)C(=O)CNC(=O)c2ccccc2)c1. The normalized spacial score (nSPS) is 9.92. The van der Waals surface area contributed by atoms with Gasteiger partial charge >= 0.3 is 0 Å². The molecule has 0 radical (unpaired) electrons.